The summed E-state index contributed by atoms with van der Waals surface area (Å²) in [6.07, 6.45) is 10.5. The fourth-order valence-corrected chi connectivity index (χ4v) is 8.80. The Hall–Kier alpha value is -1.16. The second kappa shape index (κ2) is 7.59. The molecule has 5 fully saturated rings. The van der Waals surface area contributed by atoms with Crippen LogP contribution >= 0.6 is 0 Å². The molecule has 1 aromatic carbocycles. The molecule has 1 aliphatic heterocycles. The summed E-state index contributed by atoms with van der Waals surface area (Å²) in [7, 11) is 0.411. The van der Waals surface area contributed by atoms with Crippen LogP contribution in [0.3, 0.4) is 0 Å². The van der Waals surface area contributed by atoms with E-state index in [-0.39, 0.29) is 18.2 Å². The van der Waals surface area contributed by atoms with Gasteiger partial charge in [0, 0.05) is 10.9 Å². The lowest BCUT2D eigenvalue weighted by molar-refractivity contribution is -0.204. The van der Waals surface area contributed by atoms with Gasteiger partial charge in [0.25, 0.3) is 0 Å². The van der Waals surface area contributed by atoms with Crippen LogP contribution in [0.25, 0.3) is 0 Å². The van der Waals surface area contributed by atoms with E-state index < -0.39 is 0 Å². The Bertz CT molecular complexity index is 679. The lowest BCUT2D eigenvalue weighted by Gasteiger charge is -2.59. The smallest absolute Gasteiger partial charge is 0.344 e. The molecule has 4 bridgehead atoms. The molecule has 4 saturated carbocycles. The fourth-order valence-electron chi connectivity index (χ4n) is 6.50. The van der Waals surface area contributed by atoms with E-state index in [1.165, 1.54) is 67.8 Å². The van der Waals surface area contributed by atoms with Gasteiger partial charge in [0.2, 0.25) is 0 Å². The van der Waals surface area contributed by atoms with E-state index in [1.54, 1.807) is 0 Å². The first-order valence-corrected chi connectivity index (χ1v) is 12.8. The Morgan fingerprint density at radius 2 is 1.57 bits per heavy atom. The summed E-state index contributed by atoms with van der Waals surface area (Å²) < 4.78 is 11.9. The van der Waals surface area contributed by atoms with Crippen LogP contribution in [0.4, 0.5) is 0 Å². The number of carbonyl (C=O) groups excluding carboxylic acids is 1. The number of ether oxygens (including phenoxy) is 2. The van der Waals surface area contributed by atoms with Gasteiger partial charge in [0.15, 0.2) is 11.5 Å². The van der Waals surface area contributed by atoms with Gasteiger partial charge in [0.1, 0.15) is 22.9 Å². The molecule has 5 aliphatic rings. The molecule has 1 heterocycles. The van der Waals surface area contributed by atoms with Crippen LogP contribution < -0.4 is 4.74 Å². The van der Waals surface area contributed by atoms with Gasteiger partial charge in [0.05, 0.1) is 0 Å². The van der Waals surface area contributed by atoms with Crippen LogP contribution in [0.1, 0.15) is 58.3 Å². The number of hydrogen-bond acceptors (Lipinski definition) is 3. The van der Waals surface area contributed by atoms with E-state index in [9.17, 15) is 4.79 Å². The summed E-state index contributed by atoms with van der Waals surface area (Å²) in [5, 5.41) is 0. The minimum Gasteiger partial charge on any atom is -0.482 e. The van der Waals surface area contributed by atoms with E-state index in [2.05, 4.69) is 19.1 Å². The highest BCUT2D eigenvalue weighted by Crippen LogP contribution is 2.59. The van der Waals surface area contributed by atoms with Crippen molar-refractivity contribution in [2.45, 2.75) is 68.8 Å². The third-order valence-corrected chi connectivity index (χ3v) is 10.4. The van der Waals surface area contributed by atoms with Crippen LogP contribution in [0, 0.1) is 23.7 Å². The summed E-state index contributed by atoms with van der Waals surface area (Å²) in [5.74, 6) is 6.11. The van der Waals surface area contributed by atoms with Crippen molar-refractivity contribution < 1.29 is 14.3 Å². The summed E-state index contributed by atoms with van der Waals surface area (Å²) in [5.41, 5.74) is -0.264. The second-order valence-corrected chi connectivity index (χ2v) is 12.0. The predicted octanol–water partition coefficient (Wildman–Crippen LogP) is 4.98. The fraction of sp³-hybridized carbons (Fsp3) is 0.708. The average molecular weight is 402 g/mol. The van der Waals surface area contributed by atoms with Crippen LogP contribution in [-0.2, 0) is 20.4 Å². The molecule has 28 heavy (non-hydrogen) atoms. The maximum Gasteiger partial charge on any atom is 0.344 e. The minimum atomic E-state index is -0.264. The van der Waals surface area contributed by atoms with Gasteiger partial charge in [-0.2, -0.15) is 0 Å². The topological polar surface area (TPSA) is 35.5 Å². The van der Waals surface area contributed by atoms with Crippen molar-refractivity contribution in [3.8, 4) is 5.75 Å². The first kappa shape index (κ1) is 18.8. The van der Waals surface area contributed by atoms with Crippen LogP contribution in [0.5, 0.6) is 5.75 Å². The molecule has 0 radical (unpaired) electrons. The van der Waals surface area contributed by atoms with Gasteiger partial charge in [-0.1, -0.05) is 0 Å². The monoisotopic (exact) mass is 401 g/mol. The van der Waals surface area contributed by atoms with E-state index >= 15 is 0 Å². The Morgan fingerprint density at radius 3 is 2.18 bits per heavy atom. The summed E-state index contributed by atoms with van der Waals surface area (Å²) in [6.45, 7) is 2.21. The van der Waals surface area contributed by atoms with Crippen molar-refractivity contribution in [2.75, 3.05) is 18.1 Å². The number of hydrogen-bond donors (Lipinski definition) is 0. The zero-order valence-corrected chi connectivity index (χ0v) is 17.8. The first-order chi connectivity index (χ1) is 13.6. The number of esters is 1. The number of carbonyl (C=O) groups is 1. The Balaban J connectivity index is 1.15. The zero-order valence-electron chi connectivity index (χ0n) is 17.0. The number of benzene rings is 1. The minimum absolute atomic E-state index is 0.0208. The molecule has 6 rings (SSSR count). The molecular weight excluding hydrogens is 368 g/mol. The Morgan fingerprint density at radius 1 is 0.964 bits per heavy atom. The van der Waals surface area contributed by atoms with Crippen molar-refractivity contribution in [3.63, 3.8) is 0 Å². The quantitative estimate of drug-likeness (QED) is 0.515. The molecule has 0 spiro atoms. The van der Waals surface area contributed by atoms with Gasteiger partial charge >= 0.3 is 5.97 Å². The lowest BCUT2D eigenvalue weighted by atomic mass is 9.50. The van der Waals surface area contributed by atoms with Gasteiger partial charge in [-0.15, -0.1) is 0 Å². The van der Waals surface area contributed by atoms with Crippen molar-refractivity contribution in [2.24, 2.45) is 23.7 Å². The van der Waals surface area contributed by atoms with Crippen molar-refractivity contribution in [1.29, 1.82) is 0 Å². The van der Waals surface area contributed by atoms with Gasteiger partial charge < -0.3 is 9.47 Å². The molecule has 0 amide bonds. The van der Waals surface area contributed by atoms with E-state index in [1.807, 2.05) is 12.1 Å². The summed E-state index contributed by atoms with van der Waals surface area (Å²) in [6, 6.07) is 8.42. The first-order valence-electron chi connectivity index (χ1n) is 11.2. The summed E-state index contributed by atoms with van der Waals surface area (Å²) >= 11 is 0. The normalized spacial score (nSPS) is 37.0. The van der Waals surface area contributed by atoms with Crippen molar-refractivity contribution in [1.82, 2.24) is 0 Å². The van der Waals surface area contributed by atoms with Gasteiger partial charge in [-0.3, -0.25) is 0 Å². The van der Waals surface area contributed by atoms with Crippen molar-refractivity contribution in [3.05, 3.63) is 24.3 Å². The Kier molecular flexibility index (Phi) is 5.11. The highest BCUT2D eigenvalue weighted by atomic mass is 32.2. The third-order valence-electron chi connectivity index (χ3n) is 7.89. The number of rotatable bonds is 5. The highest BCUT2D eigenvalue weighted by Gasteiger charge is 2.57. The van der Waals surface area contributed by atoms with Crippen LogP contribution in [-0.4, -0.2) is 29.7 Å². The van der Waals surface area contributed by atoms with Crippen LogP contribution in [0.2, 0.25) is 0 Å². The second-order valence-electron chi connectivity index (χ2n) is 9.68. The molecule has 1 aromatic rings. The molecule has 3 nitrogen and oxygen atoms in total. The molecule has 0 unspecified atom stereocenters. The molecule has 0 aromatic heterocycles. The largest absolute Gasteiger partial charge is 0.482 e. The Labute approximate surface area is 171 Å². The average Bonchev–Trinajstić information content (AvgIpc) is 2.71. The molecule has 152 valence electrons. The molecular formula is C24H33O3S+. The van der Waals surface area contributed by atoms with E-state index in [0.717, 1.165) is 17.6 Å². The molecule has 4 aliphatic carbocycles. The van der Waals surface area contributed by atoms with Gasteiger partial charge in [-0.25, -0.2) is 4.79 Å². The standard InChI is InChI=1S/C24H33O3S/c1-24(19-12-17-11-18(14-19)15-20(24)13-17)27-23(25)16-26-21-5-7-22(8-6-21)28-9-3-2-4-10-28/h5-8,17-20H,2-4,9-16H2,1H3/q+1. The van der Waals surface area contributed by atoms with Gasteiger partial charge in [-0.05, 0) is 106 Å². The lowest BCUT2D eigenvalue weighted by Crippen LogP contribution is -2.58. The van der Waals surface area contributed by atoms with E-state index in [0.29, 0.717) is 22.7 Å². The van der Waals surface area contributed by atoms with Crippen LogP contribution in [0.15, 0.2) is 29.2 Å². The molecule has 1 saturated heterocycles. The molecule has 0 N–H and O–H groups in total. The summed E-state index contributed by atoms with van der Waals surface area (Å²) in [4.78, 5) is 14.0. The maximum atomic E-state index is 12.6. The zero-order chi connectivity index (χ0) is 19.1. The maximum absolute atomic E-state index is 12.6. The molecule has 0 atom stereocenters. The van der Waals surface area contributed by atoms with E-state index in [4.69, 9.17) is 9.47 Å². The van der Waals surface area contributed by atoms with Crippen molar-refractivity contribution >= 4 is 16.9 Å². The highest BCUT2D eigenvalue weighted by molar-refractivity contribution is 7.96. The SMILES string of the molecule is CC1(OC(=O)COc2ccc([S+]3CCCCC3)cc2)C2CC3CC(C2)CC1C3. The predicted molar refractivity (Wildman–Crippen MR) is 113 cm³/mol. The molecule has 4 heteroatoms. The third kappa shape index (κ3) is 3.58.